The number of nitrogens with zero attached hydrogens (tertiary/aromatic N) is 1. The van der Waals surface area contributed by atoms with E-state index in [0.29, 0.717) is 77.1 Å². The van der Waals surface area contributed by atoms with Gasteiger partial charge in [0.25, 0.3) is 5.56 Å². The van der Waals surface area contributed by atoms with E-state index in [1.807, 2.05) is 0 Å². The summed E-state index contributed by atoms with van der Waals surface area (Å²) in [7, 11) is 1.62. The Morgan fingerprint density at radius 3 is 1.98 bits per heavy atom. The van der Waals surface area contributed by atoms with E-state index in [0.717, 1.165) is 6.07 Å². The summed E-state index contributed by atoms with van der Waals surface area (Å²) < 4.78 is 88.2. The Kier molecular flexibility index (Phi) is 16.8. The number of nitrogens with one attached hydrogen (secondary N) is 1. The zero-order valence-corrected chi connectivity index (χ0v) is 28.8. The third-order valence-electron chi connectivity index (χ3n) is 7.48. The van der Waals surface area contributed by atoms with E-state index in [9.17, 15) is 27.6 Å². The number of methoxy groups -OCH3 is 1. The van der Waals surface area contributed by atoms with Crippen LogP contribution in [0.5, 0.6) is 0 Å². The highest BCUT2D eigenvalue weighted by atomic mass is 19.4. The zero-order chi connectivity index (χ0) is 37.2. The third kappa shape index (κ3) is 13.1. The second-order valence-electron chi connectivity index (χ2n) is 11.2. The van der Waals surface area contributed by atoms with Crippen molar-refractivity contribution in [1.29, 1.82) is 0 Å². The lowest BCUT2D eigenvalue weighted by molar-refractivity contribution is -0.151. The van der Waals surface area contributed by atoms with Gasteiger partial charge in [0, 0.05) is 29.4 Å². The minimum atomic E-state index is -4.61. The summed E-state index contributed by atoms with van der Waals surface area (Å²) in [5.74, 6) is -0.654. The number of hydrogen-bond acceptors (Lipinski definition) is 12. The molecular formula is C35H43F3N2O12. The van der Waals surface area contributed by atoms with Crippen LogP contribution in [0, 0.1) is 0 Å². The molecule has 2 heterocycles. The first-order valence-electron chi connectivity index (χ1n) is 16.6. The fraction of sp³-hybridized carbons (Fsp3) is 0.514. The normalized spacial score (nSPS) is 14.7. The van der Waals surface area contributed by atoms with Gasteiger partial charge in [0.2, 0.25) is 0 Å². The number of ether oxygens (including phenoxy) is 9. The molecular weight excluding hydrogens is 697 g/mol. The molecule has 0 spiro atoms. The van der Waals surface area contributed by atoms with Crippen LogP contribution in [0.2, 0.25) is 0 Å². The number of pyridine rings is 1. The predicted octanol–water partition coefficient (Wildman–Crippen LogP) is 3.83. The molecule has 3 aromatic rings. The lowest BCUT2D eigenvalue weighted by Crippen LogP contribution is -2.27. The number of cyclic esters (lactones) is 1. The predicted molar refractivity (Wildman–Crippen MR) is 180 cm³/mol. The first-order chi connectivity index (χ1) is 25.2. The highest BCUT2D eigenvalue weighted by Crippen LogP contribution is 2.36. The van der Waals surface area contributed by atoms with Crippen molar-refractivity contribution in [2.45, 2.75) is 12.3 Å². The third-order valence-corrected chi connectivity index (χ3v) is 7.48. The van der Waals surface area contributed by atoms with Crippen LogP contribution in [-0.4, -0.2) is 129 Å². The van der Waals surface area contributed by atoms with E-state index in [1.165, 1.54) is 41.3 Å². The van der Waals surface area contributed by atoms with E-state index in [-0.39, 0.29) is 49.6 Å². The summed E-state index contributed by atoms with van der Waals surface area (Å²) in [4.78, 5) is 41.4. The molecule has 0 saturated carbocycles. The molecule has 2 aromatic carbocycles. The lowest BCUT2D eigenvalue weighted by atomic mass is 10.0. The van der Waals surface area contributed by atoms with Gasteiger partial charge in [0.1, 0.15) is 13.2 Å². The number of aromatic nitrogens is 1. The molecule has 1 aliphatic rings. The second-order valence-corrected chi connectivity index (χ2v) is 11.2. The number of halogens is 3. The molecule has 0 bridgehead atoms. The molecule has 17 heteroatoms. The zero-order valence-electron chi connectivity index (χ0n) is 28.8. The van der Waals surface area contributed by atoms with Crippen LogP contribution in [0.15, 0.2) is 53.3 Å². The highest BCUT2D eigenvalue weighted by molar-refractivity contribution is 5.94. The Bertz CT molecular complexity index is 1620. The minimum Gasteiger partial charge on any atom is -0.460 e. The van der Waals surface area contributed by atoms with Gasteiger partial charge in [-0.2, -0.15) is 13.2 Å². The summed E-state index contributed by atoms with van der Waals surface area (Å²) in [6, 6.07) is 10.9. The van der Waals surface area contributed by atoms with Crippen LogP contribution < -0.4 is 10.5 Å². The largest absolute Gasteiger partial charge is 0.460 e. The summed E-state index contributed by atoms with van der Waals surface area (Å²) in [5, 5.41) is 0.550. The summed E-state index contributed by atoms with van der Waals surface area (Å²) >= 11 is 0. The van der Waals surface area contributed by atoms with E-state index in [4.69, 9.17) is 42.6 Å². The van der Waals surface area contributed by atoms with Crippen LogP contribution in [0.4, 0.5) is 23.7 Å². The number of aromatic amines is 1. The number of fused-ring (bicyclic) bond motifs is 1. The van der Waals surface area contributed by atoms with Gasteiger partial charge in [-0.1, -0.05) is 24.3 Å². The van der Waals surface area contributed by atoms with Crippen molar-refractivity contribution in [1.82, 2.24) is 4.98 Å². The number of esters is 1. The number of anilines is 1. The summed E-state index contributed by atoms with van der Waals surface area (Å²) in [5.41, 5.74) is -1.32. The average molecular weight is 741 g/mol. The van der Waals surface area contributed by atoms with Crippen molar-refractivity contribution in [3.63, 3.8) is 0 Å². The number of rotatable bonds is 24. The molecule has 4 rings (SSSR count). The second kappa shape index (κ2) is 21.4. The van der Waals surface area contributed by atoms with Crippen LogP contribution in [0.3, 0.4) is 0 Å². The topological polar surface area (TPSA) is 153 Å². The van der Waals surface area contributed by atoms with Gasteiger partial charge in [0.05, 0.1) is 91.4 Å². The van der Waals surface area contributed by atoms with E-state index in [1.54, 1.807) is 13.2 Å². The van der Waals surface area contributed by atoms with Gasteiger partial charge in [0.15, 0.2) is 6.10 Å². The molecule has 14 nitrogen and oxygen atoms in total. The number of benzene rings is 2. The molecule has 1 fully saturated rings. The molecule has 52 heavy (non-hydrogen) atoms. The Morgan fingerprint density at radius 2 is 1.38 bits per heavy atom. The van der Waals surface area contributed by atoms with Crippen molar-refractivity contribution < 1.29 is 65.4 Å². The fourth-order valence-electron chi connectivity index (χ4n) is 4.97. The van der Waals surface area contributed by atoms with Crippen molar-refractivity contribution in [3.8, 4) is 11.3 Å². The Labute approximate surface area is 297 Å². The molecule has 1 saturated heterocycles. The Balaban J connectivity index is 1.07. The molecule has 1 aromatic heterocycles. The maximum atomic E-state index is 13.5. The van der Waals surface area contributed by atoms with Gasteiger partial charge < -0.3 is 47.6 Å². The van der Waals surface area contributed by atoms with E-state index < -0.39 is 35.5 Å². The number of amides is 1. The van der Waals surface area contributed by atoms with Crippen molar-refractivity contribution >= 4 is 28.5 Å². The van der Waals surface area contributed by atoms with Crippen LogP contribution in [-0.2, 0) is 53.6 Å². The summed E-state index contributed by atoms with van der Waals surface area (Å²) in [6.45, 7) is 4.46. The Morgan fingerprint density at radius 1 is 0.808 bits per heavy atom. The average Bonchev–Trinajstić information content (AvgIpc) is 3.51. The van der Waals surface area contributed by atoms with Crippen LogP contribution in [0.25, 0.3) is 22.0 Å². The number of hydrogen-bond donors (Lipinski definition) is 1. The lowest BCUT2D eigenvalue weighted by Gasteiger charge is -2.15. The number of carbonyl (C=O) groups excluding carboxylic acids is 2. The number of alkyl halides is 3. The first-order valence-corrected chi connectivity index (χ1v) is 16.6. The smallest absolute Gasteiger partial charge is 0.417 e. The summed E-state index contributed by atoms with van der Waals surface area (Å²) in [6.07, 6.45) is -6.09. The van der Waals surface area contributed by atoms with E-state index >= 15 is 0 Å². The Hall–Kier alpha value is -4.10. The number of carbonyl (C=O) groups is 2. The van der Waals surface area contributed by atoms with Crippen molar-refractivity contribution in [2.75, 3.05) is 111 Å². The molecule has 1 amide bonds. The standard InChI is InChI=1S/C35H43F3N2O12/c1-44-8-9-45-10-11-46-12-13-47-14-15-48-16-17-49-18-19-50-24-32(41)51-23-27-22-40(34(43)52-27)26-7-6-25-20-31(39-33(42)29(25)21-26)28-4-2-3-5-30(28)35(36,37)38/h2-7,20-21,27H,8-19,22-24H2,1H3,(H,39,42). The molecule has 1 aliphatic heterocycles. The highest BCUT2D eigenvalue weighted by Gasteiger charge is 2.35. The first kappa shape index (κ1) is 40.7. The molecule has 1 atom stereocenters. The van der Waals surface area contributed by atoms with Crippen molar-refractivity contribution in [2.24, 2.45) is 0 Å². The van der Waals surface area contributed by atoms with Gasteiger partial charge in [-0.15, -0.1) is 0 Å². The van der Waals surface area contributed by atoms with Crippen LogP contribution >= 0.6 is 0 Å². The van der Waals surface area contributed by atoms with E-state index in [2.05, 4.69) is 4.98 Å². The van der Waals surface area contributed by atoms with Gasteiger partial charge in [-0.3, -0.25) is 9.69 Å². The van der Waals surface area contributed by atoms with Crippen molar-refractivity contribution in [3.05, 3.63) is 64.4 Å². The SMILES string of the molecule is COCCOCCOCCOCCOCCOCCOCC(=O)OCC1CN(c2ccc3cc(-c4ccccc4C(F)(F)F)[nH]c(=O)c3c2)C(=O)O1. The quantitative estimate of drug-likeness (QED) is 0.105. The maximum Gasteiger partial charge on any atom is 0.417 e. The van der Waals surface area contributed by atoms with Crippen LogP contribution in [0.1, 0.15) is 5.56 Å². The maximum absolute atomic E-state index is 13.5. The minimum absolute atomic E-state index is 0.00926. The molecule has 1 unspecified atom stereocenters. The fourth-order valence-corrected chi connectivity index (χ4v) is 4.97. The van der Waals surface area contributed by atoms with Gasteiger partial charge >= 0.3 is 18.2 Å². The van der Waals surface area contributed by atoms with Gasteiger partial charge in [-0.05, 0) is 29.7 Å². The molecule has 286 valence electrons. The van der Waals surface area contributed by atoms with Gasteiger partial charge in [-0.25, -0.2) is 9.59 Å². The molecule has 1 N–H and O–H groups in total. The molecule has 0 aliphatic carbocycles. The molecule has 0 radical (unpaired) electrons. The number of H-pyrrole nitrogens is 1. The monoisotopic (exact) mass is 740 g/mol.